The van der Waals surface area contributed by atoms with E-state index in [2.05, 4.69) is 22.6 Å². The number of carbonyl (C=O) groups is 2. The van der Waals surface area contributed by atoms with Crippen molar-refractivity contribution in [2.45, 2.75) is 27.7 Å². The zero-order valence-electron chi connectivity index (χ0n) is 19.4. The molecule has 0 aliphatic heterocycles. The number of halogens is 1. The first-order valence-electron chi connectivity index (χ1n) is 11.0. The van der Waals surface area contributed by atoms with E-state index in [0.717, 1.165) is 25.1 Å². The van der Waals surface area contributed by atoms with Gasteiger partial charge < -0.3 is 18.9 Å². The summed E-state index contributed by atoms with van der Waals surface area (Å²) in [7, 11) is 0. The van der Waals surface area contributed by atoms with Crippen molar-refractivity contribution in [1.29, 1.82) is 0 Å². The fourth-order valence-electron chi connectivity index (χ4n) is 3.25. The van der Waals surface area contributed by atoms with Gasteiger partial charge in [0.25, 0.3) is 0 Å². The second-order valence-corrected chi connectivity index (χ2v) is 9.87. The van der Waals surface area contributed by atoms with Crippen molar-refractivity contribution in [2.24, 2.45) is 11.8 Å². The van der Waals surface area contributed by atoms with E-state index in [9.17, 15) is 9.59 Å². The van der Waals surface area contributed by atoms with Crippen molar-refractivity contribution < 1.29 is 28.5 Å². The average Bonchev–Trinajstić information content (AvgIpc) is 2.78. The molecule has 0 aromatic heterocycles. The molecule has 3 rings (SSSR count). The van der Waals surface area contributed by atoms with Gasteiger partial charge in [0.05, 0.1) is 13.2 Å². The number of hydrogen-bond donors (Lipinski definition) is 0. The van der Waals surface area contributed by atoms with E-state index in [1.54, 1.807) is 0 Å². The van der Waals surface area contributed by atoms with Crippen LogP contribution in [0.3, 0.4) is 0 Å². The van der Waals surface area contributed by atoms with Gasteiger partial charge in [-0.2, -0.15) is 0 Å². The standard InChI is InChI=1S/C26H29IO6/c1-16(2)12-30-23(28)14-32-25-19-7-5-6-8-20(19)26(22-11-18(27)9-10-21(22)25)33-15-24(29)31-13-17(3)4/h5-11,16-17H,12-15H2,1-4H3. The van der Waals surface area contributed by atoms with Gasteiger partial charge in [0.15, 0.2) is 13.2 Å². The van der Waals surface area contributed by atoms with Gasteiger partial charge in [0.1, 0.15) is 11.5 Å². The SMILES string of the molecule is CC(C)COC(=O)COc1c2ccccc2c(OCC(=O)OCC(C)C)c2cc(I)ccc12. The van der Waals surface area contributed by atoms with E-state index in [0.29, 0.717) is 24.7 Å². The lowest BCUT2D eigenvalue weighted by Crippen LogP contribution is -2.18. The number of rotatable bonds is 10. The molecule has 7 heteroatoms. The van der Waals surface area contributed by atoms with Gasteiger partial charge in [0, 0.05) is 25.1 Å². The maximum Gasteiger partial charge on any atom is 0.344 e. The molecule has 0 radical (unpaired) electrons. The lowest BCUT2D eigenvalue weighted by atomic mass is 10.0. The summed E-state index contributed by atoms with van der Waals surface area (Å²) in [5.74, 6) is 0.824. The maximum absolute atomic E-state index is 12.2. The monoisotopic (exact) mass is 564 g/mol. The van der Waals surface area contributed by atoms with Crippen molar-refractivity contribution in [3.63, 3.8) is 0 Å². The minimum atomic E-state index is -0.417. The maximum atomic E-state index is 12.2. The van der Waals surface area contributed by atoms with E-state index < -0.39 is 11.9 Å². The van der Waals surface area contributed by atoms with Crippen LogP contribution in [0.5, 0.6) is 11.5 Å². The molecular formula is C26H29IO6. The Hall–Kier alpha value is -2.55. The van der Waals surface area contributed by atoms with Gasteiger partial charge in [-0.1, -0.05) is 52.0 Å². The molecule has 3 aromatic carbocycles. The molecule has 0 saturated heterocycles. The molecule has 0 saturated carbocycles. The fourth-order valence-corrected chi connectivity index (χ4v) is 3.74. The molecule has 176 valence electrons. The van der Waals surface area contributed by atoms with Crippen LogP contribution < -0.4 is 9.47 Å². The van der Waals surface area contributed by atoms with Crippen molar-refractivity contribution in [3.05, 3.63) is 46.0 Å². The van der Waals surface area contributed by atoms with Gasteiger partial charge in [0.2, 0.25) is 0 Å². The van der Waals surface area contributed by atoms with E-state index >= 15 is 0 Å². The Kier molecular flexibility index (Phi) is 8.77. The zero-order valence-corrected chi connectivity index (χ0v) is 21.5. The quantitative estimate of drug-likeness (QED) is 0.177. The Morgan fingerprint density at radius 1 is 0.727 bits per heavy atom. The molecule has 0 aliphatic rings. The minimum Gasteiger partial charge on any atom is -0.481 e. The second-order valence-electron chi connectivity index (χ2n) is 8.62. The van der Waals surface area contributed by atoms with Gasteiger partial charge >= 0.3 is 11.9 Å². The van der Waals surface area contributed by atoms with Gasteiger partial charge in [-0.3, -0.25) is 0 Å². The first kappa shape index (κ1) is 25.1. The summed E-state index contributed by atoms with van der Waals surface area (Å²) >= 11 is 2.23. The van der Waals surface area contributed by atoms with Crippen LogP contribution in [0, 0.1) is 15.4 Å². The molecule has 6 nitrogen and oxygen atoms in total. The molecule has 0 N–H and O–H groups in total. The van der Waals surface area contributed by atoms with Crippen LogP contribution >= 0.6 is 22.6 Å². The highest BCUT2D eigenvalue weighted by Crippen LogP contribution is 2.43. The fraction of sp³-hybridized carbons (Fsp3) is 0.385. The number of ether oxygens (including phenoxy) is 4. The summed E-state index contributed by atoms with van der Waals surface area (Å²) in [5.41, 5.74) is 0. The topological polar surface area (TPSA) is 71.1 Å². The Balaban J connectivity index is 1.97. The highest BCUT2D eigenvalue weighted by molar-refractivity contribution is 14.1. The summed E-state index contributed by atoms with van der Waals surface area (Å²) in [6, 6.07) is 13.5. The lowest BCUT2D eigenvalue weighted by Gasteiger charge is -2.18. The average molecular weight is 564 g/mol. The molecule has 0 spiro atoms. The molecule has 0 atom stereocenters. The van der Waals surface area contributed by atoms with E-state index in [-0.39, 0.29) is 25.0 Å². The number of hydrogen-bond acceptors (Lipinski definition) is 6. The van der Waals surface area contributed by atoms with Crippen molar-refractivity contribution in [2.75, 3.05) is 26.4 Å². The summed E-state index contributed by atoms with van der Waals surface area (Å²) in [4.78, 5) is 24.4. The van der Waals surface area contributed by atoms with Gasteiger partial charge in [-0.05, 0) is 52.6 Å². The Bertz CT molecular complexity index is 1140. The number of fused-ring (bicyclic) bond motifs is 2. The molecular weight excluding hydrogens is 535 g/mol. The molecule has 33 heavy (non-hydrogen) atoms. The van der Waals surface area contributed by atoms with Crippen LogP contribution in [0.15, 0.2) is 42.5 Å². The van der Waals surface area contributed by atoms with Crippen molar-refractivity contribution in [3.8, 4) is 11.5 Å². The zero-order chi connectivity index (χ0) is 24.0. The predicted octanol–water partition coefficient (Wildman–Crippen LogP) is 5.75. The third-order valence-corrected chi connectivity index (χ3v) is 5.38. The Morgan fingerprint density at radius 2 is 1.18 bits per heavy atom. The van der Waals surface area contributed by atoms with E-state index in [1.165, 1.54) is 0 Å². The summed E-state index contributed by atoms with van der Waals surface area (Å²) in [6.07, 6.45) is 0. The molecule has 0 fully saturated rings. The van der Waals surface area contributed by atoms with Gasteiger partial charge in [-0.25, -0.2) is 9.59 Å². The molecule has 0 bridgehead atoms. The van der Waals surface area contributed by atoms with Crippen LogP contribution in [0.1, 0.15) is 27.7 Å². The van der Waals surface area contributed by atoms with Gasteiger partial charge in [-0.15, -0.1) is 0 Å². The van der Waals surface area contributed by atoms with Crippen LogP contribution in [0.2, 0.25) is 0 Å². The summed E-state index contributed by atoms with van der Waals surface area (Å²) in [6.45, 7) is 8.23. The third-order valence-electron chi connectivity index (χ3n) is 4.71. The first-order chi connectivity index (χ1) is 15.8. The summed E-state index contributed by atoms with van der Waals surface area (Å²) < 4.78 is 23.5. The molecule has 0 heterocycles. The van der Waals surface area contributed by atoms with E-state index in [4.69, 9.17) is 18.9 Å². The molecule has 3 aromatic rings. The van der Waals surface area contributed by atoms with Crippen LogP contribution in [-0.2, 0) is 19.1 Å². The summed E-state index contributed by atoms with van der Waals surface area (Å²) in [5, 5.41) is 3.15. The van der Waals surface area contributed by atoms with Crippen LogP contribution in [-0.4, -0.2) is 38.4 Å². The Morgan fingerprint density at radius 3 is 1.67 bits per heavy atom. The predicted molar refractivity (Wildman–Crippen MR) is 137 cm³/mol. The largest absolute Gasteiger partial charge is 0.481 e. The molecule has 0 amide bonds. The Labute approximate surface area is 207 Å². The number of benzene rings is 3. The number of esters is 2. The van der Waals surface area contributed by atoms with Crippen LogP contribution in [0.25, 0.3) is 21.5 Å². The molecule has 0 unspecified atom stereocenters. The molecule has 0 aliphatic carbocycles. The smallest absolute Gasteiger partial charge is 0.344 e. The normalized spacial score (nSPS) is 11.2. The highest BCUT2D eigenvalue weighted by Gasteiger charge is 2.19. The number of carbonyl (C=O) groups excluding carboxylic acids is 2. The minimum absolute atomic E-state index is 0.195. The third kappa shape index (κ3) is 6.72. The first-order valence-corrected chi connectivity index (χ1v) is 12.0. The lowest BCUT2D eigenvalue weighted by molar-refractivity contribution is -0.147. The van der Waals surface area contributed by atoms with Crippen LogP contribution in [0.4, 0.5) is 0 Å². The van der Waals surface area contributed by atoms with Crippen molar-refractivity contribution in [1.82, 2.24) is 0 Å². The second kappa shape index (κ2) is 11.5. The highest BCUT2D eigenvalue weighted by atomic mass is 127. The van der Waals surface area contributed by atoms with Crippen molar-refractivity contribution >= 4 is 56.1 Å². The van der Waals surface area contributed by atoms with E-state index in [1.807, 2.05) is 70.2 Å².